The first kappa shape index (κ1) is 27.8. The fraction of sp³-hybridized carbons (Fsp3) is 0.667. The molecule has 1 aromatic carbocycles. The minimum absolute atomic E-state index is 0.0693. The summed E-state index contributed by atoms with van der Waals surface area (Å²) in [6.07, 6.45) is 5.19. The second-order valence-corrected chi connectivity index (χ2v) is 10.5. The predicted octanol–water partition coefficient (Wildman–Crippen LogP) is 4.06. The Morgan fingerprint density at radius 2 is 1.82 bits per heavy atom. The summed E-state index contributed by atoms with van der Waals surface area (Å²) in [5, 5.41) is 13.9. The van der Waals surface area contributed by atoms with Crippen LogP contribution in [0.25, 0.3) is 0 Å². The number of nitrogens with one attached hydrogen (secondary N) is 2. The van der Waals surface area contributed by atoms with Crippen molar-refractivity contribution in [3.63, 3.8) is 0 Å². The summed E-state index contributed by atoms with van der Waals surface area (Å²) in [7, 11) is 1.57. The minimum Gasteiger partial charge on any atom is -0.481 e. The van der Waals surface area contributed by atoms with Gasteiger partial charge in [-0.1, -0.05) is 64.8 Å². The average molecular weight is 474 g/mol. The number of hydrazine groups is 1. The van der Waals surface area contributed by atoms with E-state index in [4.69, 9.17) is 0 Å². The highest BCUT2D eigenvalue weighted by molar-refractivity contribution is 5.88. The van der Waals surface area contributed by atoms with Gasteiger partial charge in [-0.2, -0.15) is 0 Å². The number of hydrogen-bond donors (Lipinski definition) is 3. The van der Waals surface area contributed by atoms with Crippen molar-refractivity contribution >= 4 is 17.8 Å². The second kappa shape index (κ2) is 12.9. The number of aryl methyl sites for hydroxylation is 1. The van der Waals surface area contributed by atoms with Gasteiger partial charge in [0.05, 0.1) is 5.92 Å². The zero-order chi connectivity index (χ0) is 25.3. The van der Waals surface area contributed by atoms with Crippen molar-refractivity contribution in [1.82, 2.24) is 15.8 Å². The van der Waals surface area contributed by atoms with Crippen molar-refractivity contribution in [2.45, 2.75) is 90.5 Å². The maximum Gasteiger partial charge on any atom is 0.306 e. The number of benzene rings is 1. The normalized spacial score (nSPS) is 18.3. The Bertz CT molecular complexity index is 816. The van der Waals surface area contributed by atoms with Crippen molar-refractivity contribution in [2.75, 3.05) is 13.6 Å². The maximum absolute atomic E-state index is 13.7. The van der Waals surface area contributed by atoms with Gasteiger partial charge in [0.15, 0.2) is 0 Å². The third kappa shape index (κ3) is 7.83. The first-order valence-corrected chi connectivity index (χ1v) is 12.7. The predicted molar refractivity (Wildman–Crippen MR) is 134 cm³/mol. The molecule has 7 nitrogen and oxygen atoms in total. The number of nitrogens with zero attached hydrogens (tertiary/aromatic N) is 1. The van der Waals surface area contributed by atoms with Gasteiger partial charge in [-0.3, -0.25) is 19.4 Å². The van der Waals surface area contributed by atoms with E-state index in [9.17, 15) is 19.5 Å². The van der Waals surface area contributed by atoms with Crippen molar-refractivity contribution in [3.05, 3.63) is 35.4 Å². The Morgan fingerprint density at radius 1 is 1.15 bits per heavy atom. The molecule has 1 aromatic rings. The van der Waals surface area contributed by atoms with Gasteiger partial charge in [0.2, 0.25) is 11.8 Å². The second-order valence-electron chi connectivity index (χ2n) is 10.5. The van der Waals surface area contributed by atoms with Gasteiger partial charge in [-0.15, -0.1) is 0 Å². The van der Waals surface area contributed by atoms with Crippen LogP contribution in [-0.2, 0) is 26.2 Å². The molecule has 3 N–H and O–H groups in total. The number of rotatable bonds is 11. The van der Waals surface area contributed by atoms with E-state index in [1.807, 2.05) is 6.92 Å². The molecule has 190 valence electrons. The molecule has 2 amide bonds. The first-order chi connectivity index (χ1) is 16.1. The van der Waals surface area contributed by atoms with E-state index < -0.39 is 23.8 Å². The zero-order valence-electron chi connectivity index (χ0n) is 21.5. The maximum atomic E-state index is 13.7. The SMILES string of the molecule is CCCCC(CC(CCc1ccc(C(C)(C)C)cc1)C(=O)N1NCCC[C@H]1C(=O)NC)C(=O)O. The summed E-state index contributed by atoms with van der Waals surface area (Å²) in [6.45, 7) is 9.18. The van der Waals surface area contributed by atoms with Gasteiger partial charge >= 0.3 is 5.97 Å². The smallest absolute Gasteiger partial charge is 0.306 e. The molecule has 1 heterocycles. The highest BCUT2D eigenvalue weighted by Gasteiger charge is 2.37. The van der Waals surface area contributed by atoms with E-state index >= 15 is 0 Å². The van der Waals surface area contributed by atoms with Gasteiger partial charge < -0.3 is 10.4 Å². The van der Waals surface area contributed by atoms with E-state index in [0.29, 0.717) is 32.2 Å². The number of carbonyl (C=O) groups is 3. The largest absolute Gasteiger partial charge is 0.481 e. The molecular weight excluding hydrogens is 430 g/mol. The van der Waals surface area contributed by atoms with Crippen molar-refractivity contribution in [3.8, 4) is 0 Å². The van der Waals surface area contributed by atoms with Crippen LogP contribution >= 0.6 is 0 Å². The van der Waals surface area contributed by atoms with Gasteiger partial charge in [0, 0.05) is 19.5 Å². The zero-order valence-corrected chi connectivity index (χ0v) is 21.5. The summed E-state index contributed by atoms with van der Waals surface area (Å²) < 4.78 is 0. The molecular formula is C27H43N3O4. The van der Waals surface area contributed by atoms with Crippen LogP contribution in [0, 0.1) is 11.8 Å². The molecule has 0 radical (unpaired) electrons. The fourth-order valence-corrected chi connectivity index (χ4v) is 4.57. The Morgan fingerprint density at radius 3 is 2.38 bits per heavy atom. The standard InChI is InChI=1S/C27H43N3O4/c1-6-7-9-21(26(33)34)18-20(14-11-19-12-15-22(16-13-19)27(2,3)4)25(32)30-23(24(31)28-5)10-8-17-29-30/h12-13,15-16,20-21,23,29H,6-11,14,17-18H2,1-5H3,(H,28,31)(H,33,34)/t20?,21?,23-/m0/s1. The van der Waals surface area contributed by atoms with E-state index in [1.165, 1.54) is 10.6 Å². The van der Waals surface area contributed by atoms with Crippen LogP contribution in [0.15, 0.2) is 24.3 Å². The van der Waals surface area contributed by atoms with Crippen LogP contribution in [0.5, 0.6) is 0 Å². The quantitative estimate of drug-likeness (QED) is 0.450. The highest BCUT2D eigenvalue weighted by atomic mass is 16.4. The number of aliphatic carboxylic acids is 1. The molecule has 2 rings (SSSR count). The molecule has 0 bridgehead atoms. The lowest BCUT2D eigenvalue weighted by Crippen LogP contribution is -2.59. The molecule has 1 aliphatic heterocycles. The van der Waals surface area contributed by atoms with Crippen LogP contribution < -0.4 is 10.7 Å². The molecule has 1 saturated heterocycles. The lowest BCUT2D eigenvalue weighted by molar-refractivity contribution is -0.151. The number of hydrogen-bond acceptors (Lipinski definition) is 4. The molecule has 2 unspecified atom stereocenters. The van der Waals surface area contributed by atoms with E-state index in [2.05, 4.69) is 55.8 Å². The summed E-state index contributed by atoms with van der Waals surface area (Å²) in [6, 6.07) is 7.88. The molecule has 3 atom stereocenters. The lowest BCUT2D eigenvalue weighted by Gasteiger charge is -2.37. The Labute approximate surface area is 204 Å². The van der Waals surface area contributed by atoms with Gasteiger partial charge in [-0.25, -0.2) is 5.43 Å². The summed E-state index contributed by atoms with van der Waals surface area (Å²) in [4.78, 5) is 38.0. The molecule has 0 aliphatic carbocycles. The number of carbonyl (C=O) groups excluding carboxylic acids is 2. The number of unbranched alkanes of at least 4 members (excludes halogenated alkanes) is 1. The third-order valence-electron chi connectivity index (χ3n) is 6.81. The average Bonchev–Trinajstić information content (AvgIpc) is 2.82. The van der Waals surface area contributed by atoms with Gasteiger partial charge in [-0.05, 0) is 55.1 Å². The molecule has 1 fully saturated rings. The van der Waals surface area contributed by atoms with Crippen molar-refractivity contribution < 1.29 is 19.5 Å². The fourth-order valence-electron chi connectivity index (χ4n) is 4.57. The van der Waals surface area contributed by atoms with Crippen LogP contribution in [-0.4, -0.2) is 47.5 Å². The van der Waals surface area contributed by atoms with Crippen molar-refractivity contribution in [1.29, 1.82) is 0 Å². The van der Waals surface area contributed by atoms with E-state index in [1.54, 1.807) is 7.05 Å². The molecule has 0 aromatic heterocycles. The Balaban J connectivity index is 2.23. The topological polar surface area (TPSA) is 98.7 Å². The summed E-state index contributed by atoms with van der Waals surface area (Å²) >= 11 is 0. The van der Waals surface area contributed by atoms with E-state index in [0.717, 1.165) is 24.8 Å². The Hall–Kier alpha value is -2.41. The number of likely N-dealkylation sites (N-methyl/N-ethyl adjacent to an activating group) is 1. The van der Waals surface area contributed by atoms with Gasteiger partial charge in [0.25, 0.3) is 0 Å². The number of carboxylic acids is 1. The number of carboxylic acid groups (broad SMARTS) is 1. The summed E-state index contributed by atoms with van der Waals surface area (Å²) in [5.41, 5.74) is 5.55. The van der Waals surface area contributed by atoms with Crippen LogP contribution in [0.2, 0.25) is 0 Å². The van der Waals surface area contributed by atoms with Gasteiger partial charge in [0.1, 0.15) is 6.04 Å². The van der Waals surface area contributed by atoms with E-state index in [-0.39, 0.29) is 23.7 Å². The first-order valence-electron chi connectivity index (χ1n) is 12.7. The third-order valence-corrected chi connectivity index (χ3v) is 6.81. The molecule has 0 saturated carbocycles. The monoisotopic (exact) mass is 473 g/mol. The minimum atomic E-state index is -0.852. The molecule has 7 heteroatoms. The van der Waals surface area contributed by atoms with Crippen LogP contribution in [0.3, 0.4) is 0 Å². The van der Waals surface area contributed by atoms with Crippen LogP contribution in [0.1, 0.15) is 83.8 Å². The molecule has 34 heavy (non-hydrogen) atoms. The highest BCUT2D eigenvalue weighted by Crippen LogP contribution is 2.27. The van der Waals surface area contributed by atoms with Crippen molar-refractivity contribution in [2.24, 2.45) is 11.8 Å². The summed E-state index contributed by atoms with van der Waals surface area (Å²) in [5.74, 6) is -2.27. The lowest BCUT2D eigenvalue weighted by atomic mass is 9.84. The molecule has 0 spiro atoms. The molecule has 1 aliphatic rings. The number of amides is 2. The van der Waals surface area contributed by atoms with Crippen LogP contribution in [0.4, 0.5) is 0 Å². The Kier molecular flexibility index (Phi) is 10.5.